The summed E-state index contributed by atoms with van der Waals surface area (Å²) in [5.74, 6) is -0.584. The molecule has 1 aromatic carbocycles. The van der Waals surface area contributed by atoms with Gasteiger partial charge in [0.15, 0.2) is 0 Å². The van der Waals surface area contributed by atoms with E-state index in [4.69, 9.17) is 25.4 Å². The number of phosphoric acid groups is 1. The third-order valence-electron chi connectivity index (χ3n) is 4.01. The topological polar surface area (TPSA) is 102 Å². The summed E-state index contributed by atoms with van der Waals surface area (Å²) in [6, 6.07) is 6.79. The number of carbonyl (C=O) groups excluding carboxylic acids is 1. The first kappa shape index (κ1) is 17.7. The number of aromatic nitrogens is 1. The molecule has 0 aliphatic carbocycles. The Morgan fingerprint density at radius 1 is 1.54 bits per heavy atom. The van der Waals surface area contributed by atoms with E-state index in [9.17, 15) is 9.36 Å². The predicted molar refractivity (Wildman–Crippen MR) is 95.6 cm³/mol. The minimum atomic E-state index is -3.54. The van der Waals surface area contributed by atoms with E-state index in [0.717, 1.165) is 16.5 Å². The highest BCUT2D eigenvalue weighted by Gasteiger charge is 2.39. The van der Waals surface area contributed by atoms with Gasteiger partial charge < -0.3 is 15.0 Å². The Balaban J connectivity index is 1.57. The molecule has 1 aromatic heterocycles. The zero-order valence-corrected chi connectivity index (χ0v) is 15.4. The number of esters is 1. The number of nitrogens with zero attached hydrogens (tertiary/aromatic N) is 1. The lowest BCUT2D eigenvalue weighted by molar-refractivity contribution is -0.147. The van der Waals surface area contributed by atoms with Crippen molar-refractivity contribution in [2.45, 2.75) is 25.5 Å². The summed E-state index contributed by atoms with van der Waals surface area (Å²) in [5, 5.41) is 0.957. The number of ether oxygens (including phenoxy) is 1. The van der Waals surface area contributed by atoms with Gasteiger partial charge in [0.05, 0.1) is 13.2 Å². The highest BCUT2D eigenvalue weighted by Crippen LogP contribution is 2.54. The number of carbonyl (C=O) groups is 1. The minimum Gasteiger partial charge on any atom is -0.462 e. The van der Waals surface area contributed by atoms with Gasteiger partial charge in [-0.15, -0.1) is 0 Å². The lowest BCUT2D eigenvalue weighted by atomic mass is 10.1. The summed E-state index contributed by atoms with van der Waals surface area (Å²) in [6.45, 7) is 1.78. The molecule has 1 aliphatic rings. The molecule has 1 aliphatic heterocycles. The first-order valence-electron chi connectivity index (χ1n) is 9.02. The number of benzene rings is 1. The molecule has 3 atom stereocenters. The van der Waals surface area contributed by atoms with E-state index < -0.39 is 25.9 Å². The van der Waals surface area contributed by atoms with Crippen LogP contribution in [-0.4, -0.2) is 42.5 Å². The Labute approximate surface area is 153 Å². The van der Waals surface area contributed by atoms with Gasteiger partial charge in [0, 0.05) is 31.9 Å². The highest BCUT2D eigenvalue weighted by molar-refractivity contribution is 7.48. The summed E-state index contributed by atoms with van der Waals surface area (Å²) < 4.78 is 41.7. The molecule has 142 valence electrons. The Morgan fingerprint density at radius 3 is 3.12 bits per heavy atom. The van der Waals surface area contributed by atoms with Crippen molar-refractivity contribution < 1.29 is 29.0 Å². The fraction of sp³-hybridized carbons (Fsp3) is 0.471. The summed E-state index contributed by atoms with van der Waals surface area (Å²) in [7, 11) is -3.45. The molecule has 2 heterocycles. The first-order chi connectivity index (χ1) is 13.0. The molecule has 0 radical (unpaired) electrons. The van der Waals surface area contributed by atoms with Crippen molar-refractivity contribution >= 4 is 24.7 Å². The van der Waals surface area contributed by atoms with Crippen molar-refractivity contribution in [3.05, 3.63) is 36.0 Å². The second-order valence-electron chi connectivity index (χ2n) is 5.97. The van der Waals surface area contributed by atoms with Gasteiger partial charge in [0.25, 0.3) is 0 Å². The van der Waals surface area contributed by atoms with Crippen LogP contribution < -0.4 is 5.73 Å². The molecule has 2 unspecified atom stereocenters. The standard InChI is InChI=1S/C17H23N2O6P/c1-3-23-26(21)24-11-13(25-26)10-22-17(20)15(18)8-12-9-19(2)16-7-5-4-6-14(12)16/h4-7,9,13,15H,3,8,10-11,18H2,1-2H3/t13?,15-,26?/m0/s1/i2D. The van der Waals surface area contributed by atoms with Crippen molar-refractivity contribution in [1.29, 1.82) is 0 Å². The molecular weight excluding hydrogens is 359 g/mol. The van der Waals surface area contributed by atoms with E-state index in [1.54, 1.807) is 11.5 Å². The maximum absolute atomic E-state index is 12.2. The fourth-order valence-electron chi connectivity index (χ4n) is 2.81. The van der Waals surface area contributed by atoms with E-state index in [1.165, 1.54) is 0 Å². The van der Waals surface area contributed by atoms with Crippen LogP contribution in [0.5, 0.6) is 0 Å². The number of hydrogen-bond donors (Lipinski definition) is 1. The van der Waals surface area contributed by atoms with Crippen LogP contribution in [-0.2, 0) is 41.1 Å². The van der Waals surface area contributed by atoms with Gasteiger partial charge in [0.2, 0.25) is 0 Å². The molecule has 8 nitrogen and oxygen atoms in total. The quantitative estimate of drug-likeness (QED) is 0.577. The van der Waals surface area contributed by atoms with Crippen LogP contribution in [0.2, 0.25) is 0 Å². The van der Waals surface area contributed by atoms with Crippen molar-refractivity contribution in [1.82, 2.24) is 4.57 Å². The molecule has 3 rings (SSSR count). The van der Waals surface area contributed by atoms with E-state index in [0.29, 0.717) is 0 Å². The van der Waals surface area contributed by atoms with E-state index in [2.05, 4.69) is 0 Å². The monoisotopic (exact) mass is 383 g/mol. The lowest BCUT2D eigenvalue weighted by Crippen LogP contribution is -2.36. The molecule has 0 saturated carbocycles. The summed E-state index contributed by atoms with van der Waals surface area (Å²) >= 11 is 0. The number of hydrogen-bond acceptors (Lipinski definition) is 7. The zero-order chi connectivity index (χ0) is 19.4. The predicted octanol–water partition coefficient (Wildman–Crippen LogP) is 2.15. The molecule has 0 amide bonds. The van der Waals surface area contributed by atoms with Crippen molar-refractivity contribution in [3.63, 3.8) is 0 Å². The molecule has 26 heavy (non-hydrogen) atoms. The second kappa shape index (κ2) is 7.90. The largest absolute Gasteiger partial charge is 0.475 e. The molecule has 0 bridgehead atoms. The normalized spacial score (nSPS) is 24.5. The molecule has 2 N–H and O–H groups in total. The molecule has 0 spiro atoms. The highest BCUT2D eigenvalue weighted by atomic mass is 31.2. The summed E-state index contributed by atoms with van der Waals surface area (Å²) in [5.41, 5.74) is 7.80. The third kappa shape index (κ3) is 4.16. The first-order valence-corrected chi connectivity index (χ1v) is 9.77. The van der Waals surface area contributed by atoms with Crippen molar-refractivity contribution in [2.24, 2.45) is 12.8 Å². The molecular formula is C17H23N2O6P. The van der Waals surface area contributed by atoms with Gasteiger partial charge in [-0.2, -0.15) is 0 Å². The van der Waals surface area contributed by atoms with E-state index in [1.807, 2.05) is 30.5 Å². The second-order valence-corrected chi connectivity index (χ2v) is 7.59. The van der Waals surface area contributed by atoms with Gasteiger partial charge >= 0.3 is 13.8 Å². The van der Waals surface area contributed by atoms with Crippen LogP contribution >= 0.6 is 7.82 Å². The fourth-order valence-corrected chi connectivity index (χ4v) is 4.16. The average Bonchev–Trinajstić information content (AvgIpc) is 3.21. The third-order valence-corrected chi connectivity index (χ3v) is 5.61. The molecule has 2 aromatic rings. The zero-order valence-electron chi connectivity index (χ0n) is 15.5. The maximum atomic E-state index is 12.2. The molecule has 1 fully saturated rings. The number of fused-ring (bicyclic) bond motifs is 1. The van der Waals surface area contributed by atoms with Crippen LogP contribution in [0.15, 0.2) is 30.5 Å². The van der Waals surface area contributed by atoms with Crippen molar-refractivity contribution in [2.75, 3.05) is 19.8 Å². The number of para-hydroxylation sites is 1. The average molecular weight is 383 g/mol. The van der Waals surface area contributed by atoms with E-state index >= 15 is 0 Å². The van der Waals surface area contributed by atoms with Crippen LogP contribution in [0.1, 0.15) is 13.9 Å². The Kier molecular flexibility index (Phi) is 5.38. The van der Waals surface area contributed by atoms with Crippen LogP contribution in [0, 0.1) is 0 Å². The SMILES string of the molecule is [2H]Cn1cc(C[C@H](N)C(=O)OCC2COP(=O)(OCC)O2)c2ccccc21. The number of rotatable bonds is 7. The lowest BCUT2D eigenvalue weighted by Gasteiger charge is -2.14. The minimum absolute atomic E-state index is 0.0246. The van der Waals surface area contributed by atoms with Gasteiger partial charge in [0.1, 0.15) is 18.8 Å². The van der Waals surface area contributed by atoms with Crippen LogP contribution in [0.4, 0.5) is 0 Å². The number of aryl methyl sites for hydroxylation is 1. The number of phosphoric ester groups is 1. The summed E-state index contributed by atoms with van der Waals surface area (Å²) in [6.07, 6.45) is 1.46. The van der Waals surface area contributed by atoms with Crippen molar-refractivity contribution in [3.8, 4) is 0 Å². The Morgan fingerprint density at radius 2 is 2.35 bits per heavy atom. The maximum Gasteiger partial charge on any atom is 0.475 e. The van der Waals surface area contributed by atoms with Crippen LogP contribution in [0.25, 0.3) is 10.9 Å². The molecule has 9 heteroatoms. The van der Waals surface area contributed by atoms with Gasteiger partial charge in [-0.05, 0) is 18.6 Å². The molecule has 1 saturated heterocycles. The van der Waals surface area contributed by atoms with Crippen LogP contribution in [0.3, 0.4) is 0 Å². The van der Waals surface area contributed by atoms with Gasteiger partial charge in [-0.3, -0.25) is 18.4 Å². The van der Waals surface area contributed by atoms with E-state index in [-0.39, 0.29) is 33.3 Å². The summed E-state index contributed by atoms with van der Waals surface area (Å²) in [4.78, 5) is 12.2. The van der Waals surface area contributed by atoms with Gasteiger partial charge in [-0.1, -0.05) is 18.2 Å². The van der Waals surface area contributed by atoms with Gasteiger partial charge in [-0.25, -0.2) is 4.57 Å². The number of nitrogens with two attached hydrogens (primary N) is 1. The Hall–Kier alpha value is -1.70. The Bertz CT molecular complexity index is 857. The smallest absolute Gasteiger partial charge is 0.462 e.